The molecule has 184 valence electrons. The SMILES string of the molecule is CN(C)c1ccc(-c2cccc3c2C2(COc4cc5c(cc42)CCO5)C(=O)N3C[C@H]2CCCO2)cn1. The van der Waals surface area contributed by atoms with Crippen LogP contribution in [0, 0.1) is 0 Å². The normalized spacial score (nSPS) is 23.4. The van der Waals surface area contributed by atoms with Gasteiger partial charge < -0.3 is 24.0 Å². The van der Waals surface area contributed by atoms with E-state index >= 15 is 0 Å². The van der Waals surface area contributed by atoms with Gasteiger partial charge in [0.2, 0.25) is 5.91 Å². The van der Waals surface area contributed by atoms with E-state index in [4.69, 9.17) is 14.2 Å². The molecule has 36 heavy (non-hydrogen) atoms. The van der Waals surface area contributed by atoms with Crippen LogP contribution in [0.4, 0.5) is 11.5 Å². The first-order chi connectivity index (χ1) is 17.6. The first kappa shape index (κ1) is 21.7. The molecule has 0 radical (unpaired) electrons. The molecule has 7 nitrogen and oxygen atoms in total. The monoisotopic (exact) mass is 483 g/mol. The minimum absolute atomic E-state index is 0.0526. The molecule has 1 unspecified atom stereocenters. The second kappa shape index (κ2) is 7.96. The van der Waals surface area contributed by atoms with Crippen LogP contribution in [0.2, 0.25) is 0 Å². The van der Waals surface area contributed by atoms with Gasteiger partial charge in [-0.3, -0.25) is 4.79 Å². The van der Waals surface area contributed by atoms with E-state index in [9.17, 15) is 4.79 Å². The number of carbonyl (C=O) groups is 1. The Morgan fingerprint density at radius 3 is 2.81 bits per heavy atom. The summed E-state index contributed by atoms with van der Waals surface area (Å²) in [5.74, 6) is 2.56. The van der Waals surface area contributed by atoms with Gasteiger partial charge in [-0.05, 0) is 48.2 Å². The third-order valence-corrected chi connectivity index (χ3v) is 7.99. The third kappa shape index (κ3) is 3.02. The number of hydrogen-bond donors (Lipinski definition) is 0. The number of anilines is 2. The topological polar surface area (TPSA) is 64.1 Å². The molecule has 2 atom stereocenters. The van der Waals surface area contributed by atoms with Gasteiger partial charge in [0.1, 0.15) is 29.3 Å². The fraction of sp³-hybridized carbons (Fsp3) is 0.379. The predicted molar refractivity (Wildman–Crippen MR) is 137 cm³/mol. The summed E-state index contributed by atoms with van der Waals surface area (Å²) in [6.45, 7) is 2.25. The van der Waals surface area contributed by atoms with Crippen LogP contribution in [-0.4, -0.2) is 57.5 Å². The van der Waals surface area contributed by atoms with E-state index in [1.54, 1.807) is 0 Å². The minimum atomic E-state index is -0.905. The lowest BCUT2D eigenvalue weighted by atomic mass is 9.74. The number of rotatable bonds is 4. The van der Waals surface area contributed by atoms with Crippen molar-refractivity contribution in [3.63, 3.8) is 0 Å². The number of fused-ring (bicyclic) bond motifs is 5. The van der Waals surface area contributed by atoms with Gasteiger partial charge in [-0.25, -0.2) is 4.98 Å². The molecule has 7 rings (SSSR count). The second-order valence-electron chi connectivity index (χ2n) is 10.3. The molecule has 3 aromatic rings. The van der Waals surface area contributed by atoms with Crippen molar-refractivity contribution in [3.05, 3.63) is 65.4 Å². The first-order valence-electron chi connectivity index (χ1n) is 12.7. The fourth-order valence-corrected chi connectivity index (χ4v) is 6.19. The highest BCUT2D eigenvalue weighted by molar-refractivity contribution is 6.13. The van der Waals surface area contributed by atoms with Crippen LogP contribution in [0.15, 0.2) is 48.7 Å². The van der Waals surface area contributed by atoms with Gasteiger partial charge in [-0.15, -0.1) is 0 Å². The molecular weight excluding hydrogens is 454 g/mol. The summed E-state index contributed by atoms with van der Waals surface area (Å²) < 4.78 is 18.0. The van der Waals surface area contributed by atoms with Crippen LogP contribution in [0.25, 0.3) is 11.1 Å². The van der Waals surface area contributed by atoms with Crippen LogP contribution in [0.3, 0.4) is 0 Å². The number of nitrogens with zero attached hydrogens (tertiary/aromatic N) is 3. The zero-order chi connectivity index (χ0) is 24.4. The van der Waals surface area contributed by atoms with E-state index in [-0.39, 0.29) is 18.6 Å². The maximum atomic E-state index is 14.5. The summed E-state index contributed by atoms with van der Waals surface area (Å²) in [5.41, 5.74) is 5.13. The van der Waals surface area contributed by atoms with Gasteiger partial charge in [0.15, 0.2) is 0 Å². The molecule has 1 amide bonds. The van der Waals surface area contributed by atoms with Crippen molar-refractivity contribution in [1.29, 1.82) is 0 Å². The Labute approximate surface area is 210 Å². The Morgan fingerprint density at radius 2 is 2.03 bits per heavy atom. The van der Waals surface area contributed by atoms with Crippen LogP contribution >= 0.6 is 0 Å². The van der Waals surface area contributed by atoms with Crippen molar-refractivity contribution >= 4 is 17.4 Å². The van der Waals surface area contributed by atoms with Crippen molar-refractivity contribution < 1.29 is 19.0 Å². The lowest BCUT2D eigenvalue weighted by molar-refractivity contribution is -0.122. The molecular formula is C29H29N3O4. The van der Waals surface area contributed by atoms with Crippen molar-refractivity contribution in [2.75, 3.05) is 50.3 Å². The lowest BCUT2D eigenvalue weighted by Crippen LogP contribution is -2.45. The molecule has 1 saturated heterocycles. The minimum Gasteiger partial charge on any atom is -0.493 e. The highest BCUT2D eigenvalue weighted by Gasteiger charge is 2.58. The number of pyridine rings is 1. The smallest absolute Gasteiger partial charge is 0.245 e. The molecule has 4 aliphatic rings. The zero-order valence-corrected chi connectivity index (χ0v) is 20.6. The largest absolute Gasteiger partial charge is 0.493 e. The van der Waals surface area contributed by atoms with Crippen LogP contribution in [0.5, 0.6) is 11.5 Å². The zero-order valence-electron chi connectivity index (χ0n) is 20.6. The molecule has 7 heteroatoms. The van der Waals surface area contributed by atoms with Crippen molar-refractivity contribution in [2.45, 2.75) is 30.8 Å². The number of aromatic nitrogens is 1. The molecule has 1 aromatic heterocycles. The molecule has 0 saturated carbocycles. The quantitative estimate of drug-likeness (QED) is 0.560. The summed E-state index contributed by atoms with van der Waals surface area (Å²) >= 11 is 0. The van der Waals surface area contributed by atoms with E-state index in [0.29, 0.717) is 13.2 Å². The molecule has 1 spiro atoms. The number of ether oxygens (including phenoxy) is 3. The molecule has 0 bridgehead atoms. The van der Waals surface area contributed by atoms with Gasteiger partial charge in [-0.2, -0.15) is 0 Å². The predicted octanol–water partition coefficient (Wildman–Crippen LogP) is 3.95. The standard InChI is InChI=1S/C29H29N3O4/c1-31(2)26-9-8-19(15-30-26)21-6-3-7-23-27(21)29(28(33)32(23)16-20-5-4-11-34-20)17-36-25-14-24-18(10-12-35-24)13-22(25)29/h3,6-9,13-15,20H,4-5,10-12,16-17H2,1-2H3/t20-,29?/m1/s1. The van der Waals surface area contributed by atoms with Crippen LogP contribution in [0.1, 0.15) is 29.5 Å². The third-order valence-electron chi connectivity index (χ3n) is 7.99. The number of amides is 1. The Kier molecular flexibility index (Phi) is 4.80. The highest BCUT2D eigenvalue weighted by Crippen LogP contribution is 2.56. The average Bonchev–Trinajstić information content (AvgIpc) is 3.68. The Morgan fingerprint density at radius 1 is 1.11 bits per heavy atom. The van der Waals surface area contributed by atoms with E-state index < -0.39 is 5.41 Å². The highest BCUT2D eigenvalue weighted by atomic mass is 16.5. The molecule has 1 fully saturated rings. The number of hydrogen-bond acceptors (Lipinski definition) is 6. The van der Waals surface area contributed by atoms with Gasteiger partial charge in [-0.1, -0.05) is 12.1 Å². The Balaban J connectivity index is 1.43. The summed E-state index contributed by atoms with van der Waals surface area (Å²) in [7, 11) is 3.96. The summed E-state index contributed by atoms with van der Waals surface area (Å²) in [6.07, 6.45) is 4.81. The summed E-state index contributed by atoms with van der Waals surface area (Å²) in [4.78, 5) is 23.1. The summed E-state index contributed by atoms with van der Waals surface area (Å²) in [5, 5.41) is 0. The van der Waals surface area contributed by atoms with Crippen molar-refractivity contribution in [3.8, 4) is 22.6 Å². The van der Waals surface area contributed by atoms with Gasteiger partial charge in [0.05, 0.1) is 19.3 Å². The van der Waals surface area contributed by atoms with E-state index in [1.165, 1.54) is 0 Å². The maximum Gasteiger partial charge on any atom is 0.245 e. The van der Waals surface area contributed by atoms with Crippen molar-refractivity contribution in [1.82, 2.24) is 4.98 Å². The van der Waals surface area contributed by atoms with Crippen LogP contribution in [-0.2, 0) is 21.4 Å². The molecule has 2 aromatic carbocycles. The Bertz CT molecular complexity index is 1360. The van der Waals surface area contributed by atoms with Crippen LogP contribution < -0.4 is 19.3 Å². The maximum absolute atomic E-state index is 14.5. The number of carbonyl (C=O) groups excluding carboxylic acids is 1. The lowest BCUT2D eigenvalue weighted by Gasteiger charge is -2.25. The molecule has 0 N–H and O–H groups in total. The van der Waals surface area contributed by atoms with Gasteiger partial charge in [0, 0.05) is 61.8 Å². The van der Waals surface area contributed by atoms with Gasteiger partial charge in [0.25, 0.3) is 0 Å². The second-order valence-corrected chi connectivity index (χ2v) is 10.3. The van der Waals surface area contributed by atoms with E-state index in [0.717, 1.165) is 76.7 Å². The molecule has 0 aliphatic carbocycles. The van der Waals surface area contributed by atoms with E-state index in [2.05, 4.69) is 29.2 Å². The first-order valence-corrected chi connectivity index (χ1v) is 12.7. The molecule has 5 heterocycles. The Hall–Kier alpha value is -3.58. The average molecular weight is 484 g/mol. The van der Waals surface area contributed by atoms with Crippen molar-refractivity contribution in [2.24, 2.45) is 0 Å². The fourth-order valence-electron chi connectivity index (χ4n) is 6.19. The van der Waals surface area contributed by atoms with Gasteiger partial charge >= 0.3 is 0 Å². The summed E-state index contributed by atoms with van der Waals surface area (Å²) in [6, 6.07) is 14.4. The van der Waals surface area contributed by atoms with E-state index in [1.807, 2.05) is 48.3 Å². The molecule has 4 aliphatic heterocycles. The number of benzene rings is 2.